The molecule has 1 aliphatic rings. The third-order valence-electron chi connectivity index (χ3n) is 3.71. The van der Waals surface area contributed by atoms with Crippen molar-refractivity contribution in [1.29, 1.82) is 5.26 Å². The minimum Gasteiger partial charge on any atom is -0.482 e. The third kappa shape index (κ3) is 2.52. The van der Waals surface area contributed by atoms with E-state index in [1.54, 1.807) is 31.2 Å². The predicted octanol–water partition coefficient (Wildman–Crippen LogP) is 1.40. The number of carboxylic acid groups (broad SMARTS) is 1. The van der Waals surface area contributed by atoms with Gasteiger partial charge in [-0.25, -0.2) is 4.79 Å². The number of allylic oxidation sites excluding steroid dienone is 1. The summed E-state index contributed by atoms with van der Waals surface area (Å²) in [7, 11) is 0. The van der Waals surface area contributed by atoms with Crippen molar-refractivity contribution in [3.05, 3.63) is 52.5 Å². The zero-order valence-electron chi connectivity index (χ0n) is 12.7. The average molecular weight is 326 g/mol. The lowest BCUT2D eigenvalue weighted by Crippen LogP contribution is -2.21. The van der Waals surface area contributed by atoms with Crippen LogP contribution in [0.2, 0.25) is 0 Å². The van der Waals surface area contributed by atoms with Crippen LogP contribution in [0.3, 0.4) is 0 Å². The smallest absolute Gasteiger partial charge is 0.341 e. The van der Waals surface area contributed by atoms with E-state index in [-0.39, 0.29) is 11.5 Å². The number of nitrogens with one attached hydrogen (secondary N) is 1. The number of hydrogen-bond donors (Lipinski definition) is 3. The van der Waals surface area contributed by atoms with Crippen molar-refractivity contribution >= 4 is 5.97 Å². The van der Waals surface area contributed by atoms with Crippen LogP contribution in [0.25, 0.3) is 0 Å². The molecule has 0 radical (unpaired) electrons. The van der Waals surface area contributed by atoms with Crippen LogP contribution in [-0.4, -0.2) is 27.9 Å². The van der Waals surface area contributed by atoms with Gasteiger partial charge in [0.15, 0.2) is 6.61 Å². The summed E-state index contributed by atoms with van der Waals surface area (Å²) >= 11 is 0. The second kappa shape index (κ2) is 5.96. The lowest BCUT2D eigenvalue weighted by Gasteiger charge is -2.25. The second-order valence-corrected chi connectivity index (χ2v) is 5.21. The van der Waals surface area contributed by atoms with Gasteiger partial charge in [-0.1, -0.05) is 18.2 Å². The molecule has 24 heavy (non-hydrogen) atoms. The highest BCUT2D eigenvalue weighted by molar-refractivity contribution is 5.68. The highest BCUT2D eigenvalue weighted by Gasteiger charge is 2.35. The van der Waals surface area contributed by atoms with Gasteiger partial charge in [0.25, 0.3) is 0 Å². The fourth-order valence-electron chi connectivity index (χ4n) is 2.70. The Labute approximate surface area is 137 Å². The number of ether oxygens (including phenoxy) is 2. The molecule has 0 amide bonds. The first-order chi connectivity index (χ1) is 11.5. The minimum absolute atomic E-state index is 0.0328. The lowest BCUT2D eigenvalue weighted by molar-refractivity contribution is -0.139. The molecule has 3 rings (SSSR count). The molecule has 1 aromatic carbocycles. The Kier molecular flexibility index (Phi) is 3.83. The van der Waals surface area contributed by atoms with Crippen LogP contribution in [0.1, 0.15) is 22.7 Å². The van der Waals surface area contributed by atoms with Crippen molar-refractivity contribution in [3.63, 3.8) is 0 Å². The van der Waals surface area contributed by atoms with Crippen molar-refractivity contribution in [1.82, 2.24) is 10.2 Å². The van der Waals surface area contributed by atoms with Gasteiger partial charge in [0.1, 0.15) is 17.4 Å². The average Bonchev–Trinajstić information content (AvgIpc) is 2.92. The van der Waals surface area contributed by atoms with Crippen LogP contribution in [-0.2, 0) is 4.79 Å². The highest BCUT2D eigenvalue weighted by atomic mass is 16.5. The SMILES string of the molecule is Cc1[nH]nc2c1C(c1ccccc1OCC(=O)O)C(C#N)=C(N)O2. The molecule has 4 N–H and O–H groups in total. The number of carboxylic acids is 1. The highest BCUT2D eigenvalue weighted by Crippen LogP contribution is 2.45. The first kappa shape index (κ1) is 15.4. The number of para-hydroxylation sites is 1. The van der Waals surface area contributed by atoms with Gasteiger partial charge in [0.05, 0.1) is 5.92 Å². The van der Waals surface area contributed by atoms with Gasteiger partial charge in [-0.05, 0) is 13.0 Å². The van der Waals surface area contributed by atoms with E-state index in [4.69, 9.17) is 20.3 Å². The standard InChI is InChI=1S/C16H14N4O4/c1-8-13-14(10(6-17)15(18)24-16(13)20-19-8)9-4-2-3-5-11(9)23-7-12(21)22/h2-5,14H,7,18H2,1H3,(H,19,20)(H,21,22). The number of aryl methyl sites for hydroxylation is 1. The number of carbonyl (C=O) groups is 1. The number of hydrogen-bond acceptors (Lipinski definition) is 6. The zero-order valence-corrected chi connectivity index (χ0v) is 12.7. The Bertz CT molecular complexity index is 878. The number of nitrogens with zero attached hydrogens (tertiary/aromatic N) is 2. The lowest BCUT2D eigenvalue weighted by atomic mass is 9.83. The van der Waals surface area contributed by atoms with Crippen molar-refractivity contribution in [3.8, 4) is 17.7 Å². The summed E-state index contributed by atoms with van der Waals surface area (Å²) in [5.74, 6) is -1.02. The zero-order chi connectivity index (χ0) is 17.3. The van der Waals surface area contributed by atoms with Crippen LogP contribution < -0.4 is 15.2 Å². The summed E-state index contributed by atoms with van der Waals surface area (Å²) in [6.07, 6.45) is 0. The first-order valence-corrected chi connectivity index (χ1v) is 7.09. The van der Waals surface area contributed by atoms with E-state index in [0.29, 0.717) is 22.8 Å². The fourth-order valence-corrected chi connectivity index (χ4v) is 2.70. The molecule has 0 saturated carbocycles. The number of benzene rings is 1. The Morgan fingerprint density at radius 1 is 1.54 bits per heavy atom. The number of aliphatic carboxylic acids is 1. The Morgan fingerprint density at radius 3 is 3.00 bits per heavy atom. The van der Waals surface area contributed by atoms with Crippen molar-refractivity contribution in [2.24, 2.45) is 5.73 Å². The van der Waals surface area contributed by atoms with Gasteiger partial charge in [-0.15, -0.1) is 5.10 Å². The quantitative estimate of drug-likeness (QED) is 0.773. The molecule has 0 bridgehead atoms. The molecule has 8 heteroatoms. The van der Waals surface area contributed by atoms with Crippen LogP contribution in [0, 0.1) is 18.3 Å². The first-order valence-electron chi connectivity index (χ1n) is 7.09. The minimum atomic E-state index is -1.09. The largest absolute Gasteiger partial charge is 0.482 e. The van der Waals surface area contributed by atoms with Crippen LogP contribution in [0.4, 0.5) is 0 Å². The summed E-state index contributed by atoms with van der Waals surface area (Å²) in [5, 5.41) is 25.2. The topological polar surface area (TPSA) is 134 Å². The molecule has 1 atom stereocenters. The summed E-state index contributed by atoms with van der Waals surface area (Å²) < 4.78 is 10.8. The molecular weight excluding hydrogens is 312 g/mol. The summed E-state index contributed by atoms with van der Waals surface area (Å²) in [5.41, 5.74) is 8.10. The molecule has 122 valence electrons. The fraction of sp³-hybridized carbons (Fsp3) is 0.188. The number of fused-ring (bicyclic) bond motifs is 1. The van der Waals surface area contributed by atoms with E-state index in [1.807, 2.05) is 0 Å². The molecule has 0 fully saturated rings. The number of aromatic amines is 1. The molecule has 2 aromatic rings. The maximum Gasteiger partial charge on any atom is 0.341 e. The predicted molar refractivity (Wildman–Crippen MR) is 82.2 cm³/mol. The van der Waals surface area contributed by atoms with Crippen LogP contribution >= 0.6 is 0 Å². The molecule has 8 nitrogen and oxygen atoms in total. The number of aromatic nitrogens is 2. The molecular formula is C16H14N4O4. The third-order valence-corrected chi connectivity index (χ3v) is 3.71. The van der Waals surface area contributed by atoms with Crippen LogP contribution in [0.5, 0.6) is 11.6 Å². The van der Waals surface area contributed by atoms with E-state index in [2.05, 4.69) is 16.3 Å². The van der Waals surface area contributed by atoms with Gasteiger partial charge < -0.3 is 20.3 Å². The summed E-state index contributed by atoms with van der Waals surface area (Å²) in [6.45, 7) is 1.32. The number of nitriles is 1. The van der Waals surface area contributed by atoms with Gasteiger partial charge >= 0.3 is 5.97 Å². The molecule has 2 heterocycles. The molecule has 0 spiro atoms. The summed E-state index contributed by atoms with van der Waals surface area (Å²) in [4.78, 5) is 10.8. The molecule has 1 aromatic heterocycles. The number of rotatable bonds is 4. The molecule has 1 aliphatic heterocycles. The molecule has 0 saturated heterocycles. The van der Waals surface area contributed by atoms with Gasteiger partial charge in [0, 0.05) is 16.8 Å². The molecule has 1 unspecified atom stereocenters. The number of H-pyrrole nitrogens is 1. The monoisotopic (exact) mass is 326 g/mol. The Hall–Kier alpha value is -3.47. The van der Waals surface area contributed by atoms with Crippen molar-refractivity contribution in [2.45, 2.75) is 12.8 Å². The normalized spacial score (nSPS) is 16.1. The van der Waals surface area contributed by atoms with Gasteiger partial charge in [-0.3, -0.25) is 5.10 Å². The summed E-state index contributed by atoms with van der Waals surface area (Å²) in [6, 6.07) is 8.97. The van der Waals surface area contributed by atoms with Gasteiger partial charge in [0.2, 0.25) is 11.8 Å². The molecule has 0 aliphatic carbocycles. The Morgan fingerprint density at radius 2 is 2.29 bits per heavy atom. The van der Waals surface area contributed by atoms with E-state index >= 15 is 0 Å². The van der Waals surface area contributed by atoms with E-state index in [0.717, 1.165) is 5.69 Å². The maximum atomic E-state index is 10.8. The van der Waals surface area contributed by atoms with Crippen molar-refractivity contribution in [2.75, 3.05) is 6.61 Å². The number of nitrogens with two attached hydrogens (primary N) is 1. The maximum absolute atomic E-state index is 10.8. The van der Waals surface area contributed by atoms with Crippen molar-refractivity contribution < 1.29 is 19.4 Å². The van der Waals surface area contributed by atoms with E-state index in [9.17, 15) is 10.1 Å². The van der Waals surface area contributed by atoms with Crippen LogP contribution in [0.15, 0.2) is 35.7 Å². The van der Waals surface area contributed by atoms with E-state index in [1.165, 1.54) is 0 Å². The van der Waals surface area contributed by atoms with Gasteiger partial charge in [-0.2, -0.15) is 5.26 Å². The Balaban J connectivity index is 2.16. The second-order valence-electron chi connectivity index (χ2n) is 5.21. The van der Waals surface area contributed by atoms with E-state index < -0.39 is 18.5 Å².